The lowest BCUT2D eigenvalue weighted by atomic mass is 10.2. The maximum Gasteiger partial charge on any atom is 0.256 e. The van der Waals surface area contributed by atoms with E-state index in [-0.39, 0.29) is 0 Å². The van der Waals surface area contributed by atoms with Crippen LogP contribution in [0.4, 0.5) is 0 Å². The van der Waals surface area contributed by atoms with Gasteiger partial charge in [-0.2, -0.15) is 0 Å². The molecule has 0 saturated heterocycles. The van der Waals surface area contributed by atoms with Crippen LogP contribution in [0.1, 0.15) is 17.1 Å². The Morgan fingerprint density at radius 2 is 2.04 bits per heavy atom. The van der Waals surface area contributed by atoms with E-state index in [1.54, 1.807) is 30.2 Å². The lowest BCUT2D eigenvalue weighted by molar-refractivity contribution is 0.415. The maximum absolute atomic E-state index is 5.29. The van der Waals surface area contributed by atoms with Crippen molar-refractivity contribution in [3.8, 4) is 16.3 Å². The zero-order valence-corrected chi connectivity index (χ0v) is 16.3. The molecule has 132 valence electrons. The summed E-state index contributed by atoms with van der Waals surface area (Å²) in [5.41, 5.74) is 4.11. The third-order valence-electron chi connectivity index (χ3n) is 3.88. The first-order chi connectivity index (χ1) is 12.6. The van der Waals surface area contributed by atoms with Gasteiger partial charge in [-0.05, 0) is 32.0 Å². The van der Waals surface area contributed by atoms with Crippen LogP contribution in [-0.2, 0) is 5.75 Å². The number of hydrogen-bond acceptors (Lipinski definition) is 7. The zero-order valence-electron chi connectivity index (χ0n) is 14.6. The molecule has 4 aromatic rings. The van der Waals surface area contributed by atoms with Crippen molar-refractivity contribution < 1.29 is 4.74 Å². The van der Waals surface area contributed by atoms with Crippen LogP contribution in [0.25, 0.3) is 16.3 Å². The van der Waals surface area contributed by atoms with Crippen molar-refractivity contribution in [1.29, 1.82) is 0 Å². The summed E-state index contributed by atoms with van der Waals surface area (Å²) in [6.07, 6.45) is 0. The molecular formula is C18H17N5OS2. The van der Waals surface area contributed by atoms with E-state index >= 15 is 0 Å². The summed E-state index contributed by atoms with van der Waals surface area (Å²) in [6.45, 7) is 4.00. The van der Waals surface area contributed by atoms with E-state index in [9.17, 15) is 0 Å². The van der Waals surface area contributed by atoms with Crippen LogP contribution in [0.5, 0.6) is 5.75 Å². The van der Waals surface area contributed by atoms with Crippen LogP contribution in [0.2, 0.25) is 0 Å². The summed E-state index contributed by atoms with van der Waals surface area (Å²) in [5, 5.41) is 12.3. The lowest BCUT2D eigenvalue weighted by Crippen LogP contribution is -1.97. The Bertz CT molecular complexity index is 1070. The summed E-state index contributed by atoms with van der Waals surface area (Å²) in [7, 11) is 1.67. The van der Waals surface area contributed by atoms with Gasteiger partial charge in [0, 0.05) is 28.1 Å². The van der Waals surface area contributed by atoms with Crippen molar-refractivity contribution >= 4 is 28.9 Å². The average Bonchev–Trinajstić information content (AvgIpc) is 3.27. The van der Waals surface area contributed by atoms with Gasteiger partial charge < -0.3 is 4.74 Å². The summed E-state index contributed by atoms with van der Waals surface area (Å²) in [4.78, 5) is 9.16. The van der Waals surface area contributed by atoms with Gasteiger partial charge in [0.05, 0.1) is 12.8 Å². The van der Waals surface area contributed by atoms with Gasteiger partial charge in [-0.1, -0.05) is 23.9 Å². The fourth-order valence-corrected chi connectivity index (χ4v) is 4.49. The molecule has 0 bridgehead atoms. The standard InChI is InChI=1S/C18H17N5OS2/c1-11-7-12(2)23-17(19-11)21-22-18(23)26-10-14-9-25-16(20-14)13-5-4-6-15(8-13)24-3/h4-9H,10H2,1-3H3. The molecule has 0 radical (unpaired) electrons. The lowest BCUT2D eigenvalue weighted by Gasteiger charge is -2.03. The second kappa shape index (κ2) is 7.05. The first-order valence-corrected chi connectivity index (χ1v) is 9.91. The fourth-order valence-electron chi connectivity index (χ4n) is 2.69. The zero-order chi connectivity index (χ0) is 18.1. The molecule has 0 fully saturated rings. The molecular weight excluding hydrogens is 366 g/mol. The molecule has 8 heteroatoms. The second-order valence-electron chi connectivity index (χ2n) is 5.82. The number of thiazole rings is 1. The minimum absolute atomic E-state index is 0.639. The van der Waals surface area contributed by atoms with Gasteiger partial charge in [0.15, 0.2) is 5.16 Å². The van der Waals surface area contributed by atoms with E-state index in [4.69, 9.17) is 9.72 Å². The van der Waals surface area contributed by atoms with E-state index in [1.807, 2.05) is 48.6 Å². The number of ether oxygens (including phenoxy) is 1. The van der Waals surface area contributed by atoms with Crippen molar-refractivity contribution in [3.63, 3.8) is 0 Å². The van der Waals surface area contributed by atoms with Crippen molar-refractivity contribution in [2.45, 2.75) is 24.8 Å². The highest BCUT2D eigenvalue weighted by atomic mass is 32.2. The van der Waals surface area contributed by atoms with E-state index in [1.165, 1.54) is 0 Å². The number of methoxy groups -OCH3 is 1. The molecule has 0 aliphatic heterocycles. The molecule has 0 aliphatic rings. The van der Waals surface area contributed by atoms with E-state index in [0.717, 1.165) is 44.3 Å². The predicted molar refractivity (Wildman–Crippen MR) is 104 cm³/mol. The molecule has 0 unspecified atom stereocenters. The number of aromatic nitrogens is 5. The molecule has 0 aliphatic carbocycles. The van der Waals surface area contributed by atoms with Crippen molar-refractivity contribution in [3.05, 3.63) is 52.8 Å². The number of aryl methyl sites for hydroxylation is 2. The first kappa shape index (κ1) is 17.0. The number of hydrogen-bond donors (Lipinski definition) is 0. The predicted octanol–water partition coefficient (Wildman–Crippen LogP) is 4.17. The number of thioether (sulfide) groups is 1. The smallest absolute Gasteiger partial charge is 0.256 e. The van der Waals surface area contributed by atoms with Crippen LogP contribution in [0.15, 0.2) is 40.9 Å². The molecule has 1 aromatic carbocycles. The topological polar surface area (TPSA) is 65.2 Å². The SMILES string of the molecule is COc1cccc(-c2nc(CSc3nnc4nc(C)cc(C)n34)cs2)c1. The molecule has 6 nitrogen and oxygen atoms in total. The molecule has 26 heavy (non-hydrogen) atoms. The third-order valence-corrected chi connectivity index (χ3v) is 5.78. The molecule has 0 N–H and O–H groups in total. The second-order valence-corrected chi connectivity index (χ2v) is 7.62. The van der Waals surface area contributed by atoms with E-state index < -0.39 is 0 Å². The summed E-state index contributed by atoms with van der Waals surface area (Å²) < 4.78 is 7.27. The Morgan fingerprint density at radius 3 is 2.88 bits per heavy atom. The van der Waals surface area contributed by atoms with Crippen LogP contribution >= 0.6 is 23.1 Å². The van der Waals surface area contributed by atoms with E-state index in [2.05, 4.69) is 20.6 Å². The van der Waals surface area contributed by atoms with Gasteiger partial charge in [0.25, 0.3) is 5.78 Å². The first-order valence-electron chi connectivity index (χ1n) is 8.05. The van der Waals surface area contributed by atoms with Crippen molar-refractivity contribution in [2.24, 2.45) is 0 Å². The summed E-state index contributed by atoms with van der Waals surface area (Å²) in [5.74, 6) is 2.20. The normalized spacial score (nSPS) is 11.2. The van der Waals surface area contributed by atoms with Gasteiger partial charge in [-0.3, -0.25) is 4.40 Å². The molecule has 0 amide bonds. The Morgan fingerprint density at radius 1 is 1.15 bits per heavy atom. The van der Waals surface area contributed by atoms with Crippen LogP contribution in [0.3, 0.4) is 0 Å². The largest absolute Gasteiger partial charge is 0.497 e. The molecule has 0 saturated carbocycles. The highest BCUT2D eigenvalue weighted by molar-refractivity contribution is 7.98. The average molecular weight is 384 g/mol. The van der Waals surface area contributed by atoms with Crippen LogP contribution < -0.4 is 4.74 Å². The minimum Gasteiger partial charge on any atom is -0.497 e. The number of benzene rings is 1. The Hall–Kier alpha value is -2.45. The van der Waals surface area contributed by atoms with E-state index in [0.29, 0.717) is 5.78 Å². The van der Waals surface area contributed by atoms with Crippen LogP contribution in [-0.4, -0.2) is 31.7 Å². The fraction of sp³-hybridized carbons (Fsp3) is 0.222. The maximum atomic E-state index is 5.29. The monoisotopic (exact) mass is 383 g/mol. The molecule has 3 aromatic heterocycles. The van der Waals surface area contributed by atoms with Gasteiger partial charge >= 0.3 is 0 Å². The van der Waals surface area contributed by atoms with Gasteiger partial charge in [-0.25, -0.2) is 9.97 Å². The molecule has 4 rings (SSSR count). The summed E-state index contributed by atoms with van der Waals surface area (Å²) in [6, 6.07) is 9.98. The Labute approximate surface area is 159 Å². The molecule has 3 heterocycles. The Balaban J connectivity index is 1.53. The van der Waals surface area contributed by atoms with Gasteiger partial charge in [-0.15, -0.1) is 21.5 Å². The highest BCUT2D eigenvalue weighted by Crippen LogP contribution is 2.29. The van der Waals surface area contributed by atoms with Crippen molar-refractivity contribution in [2.75, 3.05) is 7.11 Å². The Kier molecular flexibility index (Phi) is 4.60. The van der Waals surface area contributed by atoms with Crippen LogP contribution in [0, 0.1) is 13.8 Å². The molecule has 0 atom stereocenters. The van der Waals surface area contributed by atoms with Crippen molar-refractivity contribution in [1.82, 2.24) is 24.6 Å². The minimum atomic E-state index is 0.639. The number of rotatable bonds is 5. The molecule has 0 spiro atoms. The highest BCUT2D eigenvalue weighted by Gasteiger charge is 2.12. The summed E-state index contributed by atoms with van der Waals surface area (Å²) >= 11 is 3.25. The quantitative estimate of drug-likeness (QED) is 0.482. The number of nitrogens with zero attached hydrogens (tertiary/aromatic N) is 5. The van der Waals surface area contributed by atoms with Gasteiger partial charge in [0.2, 0.25) is 0 Å². The number of fused-ring (bicyclic) bond motifs is 1. The van der Waals surface area contributed by atoms with Gasteiger partial charge in [0.1, 0.15) is 10.8 Å². The third kappa shape index (κ3) is 3.30.